The van der Waals surface area contributed by atoms with Crippen LogP contribution in [0.4, 0.5) is 17.1 Å². The van der Waals surface area contributed by atoms with Gasteiger partial charge in [-0.2, -0.15) is 0 Å². The Morgan fingerprint density at radius 3 is 1.35 bits per heavy atom. The molecule has 0 atom stereocenters. The quantitative estimate of drug-likeness (QED) is 0.155. The third-order valence-corrected chi connectivity index (χ3v) is 10.0. The van der Waals surface area contributed by atoms with E-state index >= 15 is 0 Å². The molecule has 10 aromatic rings. The van der Waals surface area contributed by atoms with Gasteiger partial charge in [0, 0.05) is 55.5 Å². The topological polar surface area (TPSA) is 54.8 Å². The molecule has 10 rings (SSSR count). The Bertz CT molecular complexity index is 2860. The number of nitrogens with zero attached hydrogens (tertiary/aromatic N) is 5. The monoisotopic (exact) mass is 703 g/mol. The van der Waals surface area contributed by atoms with Crippen LogP contribution < -0.4 is 4.90 Å². The summed E-state index contributed by atoms with van der Waals surface area (Å²) in [6, 6.07) is 69.2. The molecular weight excluding hydrogens is 671 g/mol. The van der Waals surface area contributed by atoms with Gasteiger partial charge < -0.3 is 4.90 Å². The lowest BCUT2D eigenvalue weighted by Crippen LogP contribution is -2.09. The molecule has 0 aliphatic rings. The van der Waals surface area contributed by atoms with Gasteiger partial charge in [0.25, 0.3) is 0 Å². The van der Waals surface area contributed by atoms with Crippen LogP contribution in [0.1, 0.15) is 0 Å². The number of pyridine rings is 1. The summed E-state index contributed by atoms with van der Waals surface area (Å²) in [6.07, 6.45) is 0. The van der Waals surface area contributed by atoms with Crippen LogP contribution in [0.5, 0.6) is 0 Å². The average Bonchev–Trinajstić information content (AvgIpc) is 3.27. The molecule has 0 radical (unpaired) electrons. The highest BCUT2D eigenvalue weighted by Crippen LogP contribution is 2.41. The molecule has 2 aromatic heterocycles. The standard InChI is InChI=1S/C50H33N5/c1-6-16-34(17-7-1)47-44-30-26-37-32-38(50-53-48(35-18-8-2-9-19-35)52-49(54-50)36-20-10-3-11-21-36)27-29-42(37)46(44)43-31-28-41(33-45(43)51-47)55(39-22-12-4-13-23-39)40-24-14-5-15-25-40/h1-33H. The van der Waals surface area contributed by atoms with E-state index in [-0.39, 0.29) is 0 Å². The predicted octanol–water partition coefficient (Wildman–Crippen LogP) is 12.9. The number of benzene rings is 8. The largest absolute Gasteiger partial charge is 0.310 e. The van der Waals surface area contributed by atoms with Gasteiger partial charge in [0.15, 0.2) is 17.5 Å². The number of aromatic nitrogens is 4. The number of anilines is 3. The van der Waals surface area contributed by atoms with Crippen molar-refractivity contribution in [3.05, 3.63) is 200 Å². The molecule has 8 aromatic carbocycles. The van der Waals surface area contributed by atoms with Gasteiger partial charge in [-0.3, -0.25) is 0 Å². The summed E-state index contributed by atoms with van der Waals surface area (Å²) >= 11 is 0. The van der Waals surface area contributed by atoms with Crippen LogP contribution in [0.2, 0.25) is 0 Å². The summed E-state index contributed by atoms with van der Waals surface area (Å²) in [6.45, 7) is 0. The Morgan fingerprint density at radius 1 is 0.309 bits per heavy atom. The Labute approximate surface area is 318 Å². The second-order valence-electron chi connectivity index (χ2n) is 13.5. The highest BCUT2D eigenvalue weighted by Gasteiger charge is 2.18. The third kappa shape index (κ3) is 6.04. The summed E-state index contributed by atoms with van der Waals surface area (Å²) in [7, 11) is 0. The molecule has 258 valence electrons. The Balaban J connectivity index is 1.18. The summed E-state index contributed by atoms with van der Waals surface area (Å²) in [5.41, 5.74) is 8.97. The number of rotatable bonds is 7. The number of para-hydroxylation sites is 2. The van der Waals surface area contributed by atoms with Gasteiger partial charge in [-0.15, -0.1) is 0 Å². The second-order valence-corrected chi connectivity index (χ2v) is 13.5. The van der Waals surface area contributed by atoms with Crippen molar-refractivity contribution in [3.63, 3.8) is 0 Å². The van der Waals surface area contributed by atoms with Crippen LogP contribution in [-0.2, 0) is 0 Å². The van der Waals surface area contributed by atoms with E-state index in [1.165, 1.54) is 0 Å². The third-order valence-electron chi connectivity index (χ3n) is 10.0. The molecule has 0 aliphatic heterocycles. The van der Waals surface area contributed by atoms with Crippen LogP contribution in [0.15, 0.2) is 200 Å². The van der Waals surface area contributed by atoms with Gasteiger partial charge >= 0.3 is 0 Å². The summed E-state index contributed by atoms with van der Waals surface area (Å²) in [5.74, 6) is 1.91. The molecule has 55 heavy (non-hydrogen) atoms. The SMILES string of the molecule is c1ccc(-c2nc(-c3ccccc3)nc(-c3ccc4c(ccc5c(-c6ccccc6)nc6cc(N(c7ccccc7)c7ccccc7)ccc6c54)c3)n2)cc1. The minimum atomic E-state index is 0.630. The molecule has 0 spiro atoms. The average molecular weight is 704 g/mol. The molecular formula is C50H33N5. The first-order valence-electron chi connectivity index (χ1n) is 18.4. The van der Waals surface area contributed by atoms with Crippen molar-refractivity contribution in [1.29, 1.82) is 0 Å². The highest BCUT2D eigenvalue weighted by atomic mass is 15.1. The van der Waals surface area contributed by atoms with Crippen molar-refractivity contribution < 1.29 is 0 Å². The first-order chi connectivity index (χ1) is 27.3. The van der Waals surface area contributed by atoms with Crippen molar-refractivity contribution in [2.45, 2.75) is 0 Å². The first kappa shape index (κ1) is 32.2. The minimum Gasteiger partial charge on any atom is -0.310 e. The molecule has 0 N–H and O–H groups in total. The Morgan fingerprint density at radius 2 is 0.782 bits per heavy atom. The van der Waals surface area contributed by atoms with E-state index in [0.29, 0.717) is 17.5 Å². The van der Waals surface area contributed by atoms with Crippen LogP contribution >= 0.6 is 0 Å². The summed E-state index contributed by atoms with van der Waals surface area (Å²) < 4.78 is 0. The van der Waals surface area contributed by atoms with Gasteiger partial charge in [0.2, 0.25) is 0 Å². The smallest absolute Gasteiger partial charge is 0.164 e. The molecule has 0 unspecified atom stereocenters. The molecule has 0 bridgehead atoms. The maximum absolute atomic E-state index is 5.40. The van der Waals surface area contributed by atoms with Crippen molar-refractivity contribution in [3.8, 4) is 45.4 Å². The van der Waals surface area contributed by atoms with Crippen LogP contribution in [0, 0.1) is 0 Å². The van der Waals surface area contributed by atoms with E-state index in [1.54, 1.807) is 0 Å². The van der Waals surface area contributed by atoms with Crippen LogP contribution in [-0.4, -0.2) is 19.9 Å². The highest BCUT2D eigenvalue weighted by molar-refractivity contribution is 6.23. The van der Waals surface area contributed by atoms with Crippen molar-refractivity contribution >= 4 is 49.5 Å². The number of hydrogen-bond acceptors (Lipinski definition) is 5. The fourth-order valence-electron chi connectivity index (χ4n) is 7.46. The predicted molar refractivity (Wildman–Crippen MR) is 227 cm³/mol. The Hall–Kier alpha value is -7.50. The van der Waals surface area contributed by atoms with Gasteiger partial charge in [0.1, 0.15) is 0 Å². The van der Waals surface area contributed by atoms with Gasteiger partial charge in [-0.25, -0.2) is 19.9 Å². The summed E-state index contributed by atoms with van der Waals surface area (Å²) in [4.78, 5) is 22.6. The second kappa shape index (κ2) is 13.8. The maximum Gasteiger partial charge on any atom is 0.164 e. The van der Waals surface area contributed by atoms with Gasteiger partial charge in [-0.05, 0) is 53.2 Å². The minimum absolute atomic E-state index is 0.630. The first-order valence-corrected chi connectivity index (χ1v) is 18.4. The van der Waals surface area contributed by atoms with Gasteiger partial charge in [-0.1, -0.05) is 158 Å². The summed E-state index contributed by atoms with van der Waals surface area (Å²) in [5, 5.41) is 5.60. The van der Waals surface area contributed by atoms with E-state index in [1.807, 2.05) is 66.7 Å². The van der Waals surface area contributed by atoms with Crippen LogP contribution in [0.25, 0.3) is 77.9 Å². The fourth-order valence-corrected chi connectivity index (χ4v) is 7.46. The van der Waals surface area contributed by atoms with Crippen molar-refractivity contribution in [2.75, 3.05) is 4.90 Å². The van der Waals surface area contributed by atoms with Crippen molar-refractivity contribution in [1.82, 2.24) is 19.9 Å². The molecule has 5 heteroatoms. The van der Waals surface area contributed by atoms with Crippen LogP contribution in [0.3, 0.4) is 0 Å². The molecule has 0 saturated carbocycles. The van der Waals surface area contributed by atoms with Gasteiger partial charge in [0.05, 0.1) is 11.2 Å². The number of hydrogen-bond donors (Lipinski definition) is 0. The Kier molecular flexibility index (Phi) is 8.08. The zero-order valence-electron chi connectivity index (χ0n) is 29.8. The molecule has 0 amide bonds. The molecule has 2 heterocycles. The van der Waals surface area contributed by atoms with E-state index < -0.39 is 0 Å². The number of fused-ring (bicyclic) bond motifs is 5. The fraction of sp³-hybridized carbons (Fsp3) is 0. The lowest BCUT2D eigenvalue weighted by molar-refractivity contribution is 1.07. The van der Waals surface area contributed by atoms with E-state index in [2.05, 4.69) is 138 Å². The maximum atomic E-state index is 5.40. The molecule has 0 fully saturated rings. The molecule has 0 aliphatic carbocycles. The van der Waals surface area contributed by atoms with E-state index in [4.69, 9.17) is 19.9 Å². The van der Waals surface area contributed by atoms with Crippen molar-refractivity contribution in [2.24, 2.45) is 0 Å². The molecule has 5 nitrogen and oxygen atoms in total. The van der Waals surface area contributed by atoms with E-state index in [9.17, 15) is 0 Å². The van der Waals surface area contributed by atoms with E-state index in [0.717, 1.165) is 77.5 Å². The lowest BCUT2D eigenvalue weighted by atomic mass is 9.94. The zero-order chi connectivity index (χ0) is 36.6. The lowest BCUT2D eigenvalue weighted by Gasteiger charge is -2.26. The normalized spacial score (nSPS) is 11.3. The molecule has 0 saturated heterocycles. The zero-order valence-corrected chi connectivity index (χ0v) is 29.8.